The van der Waals surface area contributed by atoms with E-state index in [2.05, 4.69) is 16.9 Å². The van der Waals surface area contributed by atoms with Crippen molar-refractivity contribution in [2.24, 2.45) is 0 Å². The first kappa shape index (κ1) is 11.8. The van der Waals surface area contributed by atoms with Crippen LogP contribution in [0.3, 0.4) is 0 Å². The van der Waals surface area contributed by atoms with E-state index >= 15 is 0 Å². The molecule has 2 aromatic rings. The van der Waals surface area contributed by atoms with Gasteiger partial charge in [0.2, 0.25) is 0 Å². The molecule has 17 heavy (non-hydrogen) atoms. The van der Waals surface area contributed by atoms with Gasteiger partial charge in [0.25, 0.3) is 0 Å². The molecule has 4 nitrogen and oxygen atoms in total. The summed E-state index contributed by atoms with van der Waals surface area (Å²) in [7, 11) is 0. The maximum atomic E-state index is 10.1. The van der Waals surface area contributed by atoms with Crippen LogP contribution in [0.25, 0.3) is 0 Å². The number of aromatic nitrogens is 3. The van der Waals surface area contributed by atoms with Crippen molar-refractivity contribution in [3.05, 3.63) is 47.8 Å². The number of aliphatic hydroxyl groups excluding tert-OH is 1. The van der Waals surface area contributed by atoms with Gasteiger partial charge >= 0.3 is 0 Å². The van der Waals surface area contributed by atoms with Crippen molar-refractivity contribution >= 4 is 0 Å². The Labute approximate surface area is 101 Å². The molecule has 0 aliphatic heterocycles. The lowest BCUT2D eigenvalue weighted by Gasteiger charge is -2.11. The second kappa shape index (κ2) is 5.10. The Morgan fingerprint density at radius 1 is 1.35 bits per heavy atom. The van der Waals surface area contributed by atoms with Crippen LogP contribution in [0.15, 0.2) is 30.7 Å². The molecule has 0 bridgehead atoms. The van der Waals surface area contributed by atoms with E-state index in [-0.39, 0.29) is 0 Å². The number of aliphatic hydroxyl groups is 1. The Hall–Kier alpha value is -1.68. The van der Waals surface area contributed by atoms with Crippen LogP contribution in [-0.2, 0) is 13.0 Å². The second-order valence-corrected chi connectivity index (χ2v) is 4.11. The van der Waals surface area contributed by atoms with Crippen molar-refractivity contribution in [1.29, 1.82) is 0 Å². The van der Waals surface area contributed by atoms with Gasteiger partial charge < -0.3 is 9.67 Å². The minimum atomic E-state index is -0.594. The Balaban J connectivity index is 2.11. The molecule has 90 valence electrons. The van der Waals surface area contributed by atoms with Crippen LogP contribution in [0.4, 0.5) is 0 Å². The normalized spacial score (nSPS) is 12.6. The number of hydrogen-bond acceptors (Lipinski definition) is 3. The third kappa shape index (κ3) is 2.71. The third-order valence-corrected chi connectivity index (χ3v) is 2.79. The predicted octanol–water partition coefficient (Wildman–Crippen LogP) is 1.88. The molecule has 0 radical (unpaired) electrons. The zero-order valence-corrected chi connectivity index (χ0v) is 10.2. The molecule has 4 heteroatoms. The fourth-order valence-electron chi connectivity index (χ4n) is 1.77. The summed E-state index contributed by atoms with van der Waals surface area (Å²) in [6, 6.07) is 3.82. The van der Waals surface area contributed by atoms with E-state index < -0.39 is 6.10 Å². The van der Waals surface area contributed by atoms with Gasteiger partial charge in [0.1, 0.15) is 11.9 Å². The third-order valence-electron chi connectivity index (χ3n) is 2.79. The molecule has 2 heterocycles. The number of aryl methyl sites for hydroxylation is 2. The van der Waals surface area contributed by atoms with Crippen LogP contribution in [0.1, 0.15) is 30.1 Å². The van der Waals surface area contributed by atoms with E-state index in [0.717, 1.165) is 17.9 Å². The zero-order valence-electron chi connectivity index (χ0n) is 10.2. The molecule has 0 saturated heterocycles. The summed E-state index contributed by atoms with van der Waals surface area (Å²) in [4.78, 5) is 8.47. The van der Waals surface area contributed by atoms with E-state index in [1.165, 1.54) is 0 Å². The first-order chi connectivity index (χ1) is 8.20. The van der Waals surface area contributed by atoms with Crippen LogP contribution in [0.2, 0.25) is 0 Å². The molecule has 0 saturated carbocycles. The monoisotopic (exact) mass is 231 g/mol. The Kier molecular flexibility index (Phi) is 3.54. The lowest BCUT2D eigenvalue weighted by Crippen LogP contribution is -2.09. The molecule has 1 N–H and O–H groups in total. The molecule has 0 fully saturated rings. The summed E-state index contributed by atoms with van der Waals surface area (Å²) >= 11 is 0. The zero-order chi connectivity index (χ0) is 12.3. The number of nitrogens with zero attached hydrogens (tertiary/aromatic N) is 3. The standard InChI is InChI=1S/C13H17N3O/c1-3-16-7-6-14-13(16)8-12(17)11-5-4-10(2)9-15-11/h4-7,9,12,17H,3,8H2,1-2H3. The summed E-state index contributed by atoms with van der Waals surface area (Å²) in [5.74, 6) is 0.891. The molecule has 0 amide bonds. The highest BCUT2D eigenvalue weighted by atomic mass is 16.3. The first-order valence-corrected chi connectivity index (χ1v) is 5.81. The van der Waals surface area contributed by atoms with Crippen molar-refractivity contribution in [3.63, 3.8) is 0 Å². The summed E-state index contributed by atoms with van der Waals surface area (Å²) in [5, 5.41) is 10.1. The number of imidazole rings is 1. The molecule has 0 aliphatic rings. The summed E-state index contributed by atoms with van der Waals surface area (Å²) in [5.41, 5.74) is 1.79. The minimum absolute atomic E-state index is 0.497. The van der Waals surface area contributed by atoms with Gasteiger partial charge in [0.05, 0.1) is 5.69 Å². The Bertz CT molecular complexity index is 476. The minimum Gasteiger partial charge on any atom is -0.386 e. The van der Waals surface area contributed by atoms with E-state index in [4.69, 9.17) is 0 Å². The molecule has 1 atom stereocenters. The maximum Gasteiger partial charge on any atom is 0.111 e. The fraction of sp³-hybridized carbons (Fsp3) is 0.385. The van der Waals surface area contributed by atoms with Crippen LogP contribution < -0.4 is 0 Å². The molecule has 0 spiro atoms. The fourth-order valence-corrected chi connectivity index (χ4v) is 1.77. The molecule has 2 aromatic heterocycles. The highest BCUT2D eigenvalue weighted by Crippen LogP contribution is 2.15. The predicted molar refractivity (Wildman–Crippen MR) is 65.5 cm³/mol. The van der Waals surface area contributed by atoms with Crippen molar-refractivity contribution in [3.8, 4) is 0 Å². The number of hydrogen-bond donors (Lipinski definition) is 1. The Morgan fingerprint density at radius 3 is 2.82 bits per heavy atom. The number of rotatable bonds is 4. The van der Waals surface area contributed by atoms with Crippen LogP contribution >= 0.6 is 0 Å². The van der Waals surface area contributed by atoms with Gasteiger partial charge in [-0.1, -0.05) is 6.07 Å². The van der Waals surface area contributed by atoms with Crippen molar-refractivity contribution < 1.29 is 5.11 Å². The lowest BCUT2D eigenvalue weighted by atomic mass is 10.1. The van der Waals surface area contributed by atoms with Gasteiger partial charge in [0, 0.05) is 31.6 Å². The van der Waals surface area contributed by atoms with Crippen LogP contribution in [-0.4, -0.2) is 19.6 Å². The van der Waals surface area contributed by atoms with E-state index in [9.17, 15) is 5.11 Å². The summed E-state index contributed by atoms with van der Waals surface area (Å²) in [6.45, 7) is 4.90. The first-order valence-electron chi connectivity index (χ1n) is 5.81. The molecule has 0 aromatic carbocycles. The molecular formula is C13H17N3O. The smallest absolute Gasteiger partial charge is 0.111 e. The Morgan fingerprint density at radius 2 is 2.18 bits per heavy atom. The van der Waals surface area contributed by atoms with Crippen molar-refractivity contribution in [1.82, 2.24) is 14.5 Å². The van der Waals surface area contributed by atoms with E-state index in [1.807, 2.05) is 29.8 Å². The van der Waals surface area contributed by atoms with Crippen LogP contribution in [0, 0.1) is 6.92 Å². The SMILES string of the molecule is CCn1ccnc1CC(O)c1ccc(C)cn1. The molecule has 0 aliphatic carbocycles. The lowest BCUT2D eigenvalue weighted by molar-refractivity contribution is 0.169. The largest absolute Gasteiger partial charge is 0.386 e. The quantitative estimate of drug-likeness (QED) is 0.874. The molecule has 2 rings (SSSR count). The molecule has 1 unspecified atom stereocenters. The average Bonchev–Trinajstić information content (AvgIpc) is 2.77. The van der Waals surface area contributed by atoms with E-state index in [0.29, 0.717) is 12.1 Å². The van der Waals surface area contributed by atoms with Gasteiger partial charge in [-0.25, -0.2) is 4.98 Å². The summed E-state index contributed by atoms with van der Waals surface area (Å²) in [6.07, 6.45) is 5.35. The van der Waals surface area contributed by atoms with Crippen LogP contribution in [0.5, 0.6) is 0 Å². The van der Waals surface area contributed by atoms with Crippen molar-refractivity contribution in [2.45, 2.75) is 32.9 Å². The van der Waals surface area contributed by atoms with Gasteiger partial charge in [-0.15, -0.1) is 0 Å². The van der Waals surface area contributed by atoms with Gasteiger partial charge in [-0.2, -0.15) is 0 Å². The van der Waals surface area contributed by atoms with Gasteiger partial charge in [0.15, 0.2) is 0 Å². The highest BCUT2D eigenvalue weighted by Gasteiger charge is 2.12. The van der Waals surface area contributed by atoms with Gasteiger partial charge in [-0.3, -0.25) is 4.98 Å². The average molecular weight is 231 g/mol. The van der Waals surface area contributed by atoms with Crippen molar-refractivity contribution in [2.75, 3.05) is 0 Å². The summed E-state index contributed by atoms with van der Waals surface area (Å²) < 4.78 is 2.03. The topological polar surface area (TPSA) is 50.9 Å². The second-order valence-electron chi connectivity index (χ2n) is 4.11. The van der Waals surface area contributed by atoms with E-state index in [1.54, 1.807) is 12.4 Å². The number of pyridine rings is 1. The maximum absolute atomic E-state index is 10.1. The highest BCUT2D eigenvalue weighted by molar-refractivity contribution is 5.15. The molecular weight excluding hydrogens is 214 g/mol. The van der Waals surface area contributed by atoms with Gasteiger partial charge in [-0.05, 0) is 25.5 Å².